The predicted molar refractivity (Wildman–Crippen MR) is 84.0 cm³/mol. The molecule has 0 unspecified atom stereocenters. The minimum atomic E-state index is -3.06. The fourth-order valence-electron chi connectivity index (χ4n) is 2.78. The Kier molecular flexibility index (Phi) is 4.42. The van der Waals surface area contributed by atoms with Crippen molar-refractivity contribution in [3.05, 3.63) is 34.9 Å². The van der Waals surface area contributed by atoms with Crippen LogP contribution in [0.5, 0.6) is 0 Å². The van der Waals surface area contributed by atoms with Gasteiger partial charge in [0.15, 0.2) is 9.84 Å². The smallest absolute Gasteiger partial charge is 0.227 e. The third kappa shape index (κ3) is 3.28. The second kappa shape index (κ2) is 5.79. The Morgan fingerprint density at radius 3 is 2.62 bits per heavy atom. The van der Waals surface area contributed by atoms with Crippen LogP contribution in [-0.2, 0) is 21.1 Å². The fourth-order valence-corrected chi connectivity index (χ4v) is 4.35. The van der Waals surface area contributed by atoms with Crippen molar-refractivity contribution in [1.82, 2.24) is 4.90 Å². The molecule has 1 aliphatic heterocycles. The van der Waals surface area contributed by atoms with Crippen molar-refractivity contribution in [1.29, 1.82) is 0 Å². The van der Waals surface area contributed by atoms with E-state index >= 15 is 0 Å². The van der Waals surface area contributed by atoms with Gasteiger partial charge in [-0.2, -0.15) is 0 Å². The van der Waals surface area contributed by atoms with Crippen LogP contribution < -0.4 is 0 Å². The number of aryl methyl sites for hydroxylation is 2. The van der Waals surface area contributed by atoms with Gasteiger partial charge in [0.05, 0.1) is 17.4 Å². The molecule has 0 saturated carbocycles. The Labute approximate surface area is 127 Å². The third-order valence-corrected chi connectivity index (χ3v) is 6.80. The molecular weight excluding hydrogens is 286 g/mol. The van der Waals surface area contributed by atoms with Gasteiger partial charge in [-0.15, -0.1) is 0 Å². The molecule has 1 amide bonds. The molecule has 0 N–H and O–H groups in total. The molecule has 1 heterocycles. The van der Waals surface area contributed by atoms with E-state index in [1.165, 1.54) is 0 Å². The zero-order valence-corrected chi connectivity index (χ0v) is 13.9. The molecule has 0 aliphatic carbocycles. The summed E-state index contributed by atoms with van der Waals surface area (Å²) in [5.41, 5.74) is 3.25. The Hall–Kier alpha value is -1.36. The average Bonchev–Trinajstić information content (AvgIpc) is 2.40. The van der Waals surface area contributed by atoms with E-state index in [0.29, 0.717) is 13.0 Å². The molecule has 0 radical (unpaired) electrons. The van der Waals surface area contributed by atoms with Crippen molar-refractivity contribution in [2.75, 3.05) is 12.3 Å². The second-order valence-corrected chi connectivity index (χ2v) is 8.48. The lowest BCUT2D eigenvalue weighted by atomic mass is 10.0. The Morgan fingerprint density at radius 2 is 1.95 bits per heavy atom. The first-order valence-corrected chi connectivity index (χ1v) is 9.01. The van der Waals surface area contributed by atoms with E-state index < -0.39 is 15.1 Å². The molecule has 1 aromatic carbocycles. The summed E-state index contributed by atoms with van der Waals surface area (Å²) in [5.74, 6) is 0.0785. The van der Waals surface area contributed by atoms with Crippen LogP contribution in [0.1, 0.15) is 30.5 Å². The van der Waals surface area contributed by atoms with Crippen molar-refractivity contribution < 1.29 is 13.2 Å². The molecular formula is C16H23NO3S. The first-order chi connectivity index (χ1) is 9.72. The molecule has 0 spiro atoms. The molecule has 0 bridgehead atoms. The average molecular weight is 309 g/mol. The number of hydrogen-bond acceptors (Lipinski definition) is 3. The maximum absolute atomic E-state index is 12.5. The van der Waals surface area contributed by atoms with Crippen LogP contribution in [0.3, 0.4) is 0 Å². The quantitative estimate of drug-likeness (QED) is 0.838. The highest BCUT2D eigenvalue weighted by Crippen LogP contribution is 2.21. The zero-order chi connectivity index (χ0) is 15.8. The molecule has 116 valence electrons. The number of amides is 1. The number of rotatable bonds is 2. The van der Waals surface area contributed by atoms with Crippen LogP contribution in [0.15, 0.2) is 18.2 Å². The third-order valence-electron chi connectivity index (χ3n) is 4.52. The lowest BCUT2D eigenvalue weighted by Gasteiger charge is -2.37. The van der Waals surface area contributed by atoms with Crippen molar-refractivity contribution in [2.45, 2.75) is 45.4 Å². The molecule has 5 heteroatoms. The van der Waals surface area contributed by atoms with E-state index in [4.69, 9.17) is 0 Å². The Bertz CT molecular complexity index is 651. The van der Waals surface area contributed by atoms with Crippen molar-refractivity contribution in [3.63, 3.8) is 0 Å². The molecule has 1 aromatic rings. The van der Waals surface area contributed by atoms with Crippen LogP contribution in [0, 0.1) is 13.8 Å². The van der Waals surface area contributed by atoms with Crippen LogP contribution in [0.2, 0.25) is 0 Å². The van der Waals surface area contributed by atoms with Gasteiger partial charge >= 0.3 is 0 Å². The lowest BCUT2D eigenvalue weighted by molar-refractivity contribution is -0.132. The standard InChI is InChI=1S/C16H23NO3S/c1-11-5-6-12(2)15(9-11)10-16(18)17-7-8-21(19,20)14(4)13(17)3/h5-6,9,13-14H,7-8,10H2,1-4H3/t13-,14-/m1/s1. The summed E-state index contributed by atoms with van der Waals surface area (Å²) in [6.07, 6.45) is 0.338. The van der Waals surface area contributed by atoms with Gasteiger partial charge in [0.2, 0.25) is 5.91 Å². The number of sulfone groups is 1. The van der Waals surface area contributed by atoms with Gasteiger partial charge in [-0.25, -0.2) is 8.42 Å². The van der Waals surface area contributed by atoms with Crippen molar-refractivity contribution >= 4 is 15.7 Å². The topological polar surface area (TPSA) is 54.5 Å². The number of carbonyl (C=O) groups excluding carboxylic acids is 1. The maximum Gasteiger partial charge on any atom is 0.227 e. The monoisotopic (exact) mass is 309 g/mol. The van der Waals surface area contributed by atoms with Crippen molar-refractivity contribution in [3.8, 4) is 0 Å². The SMILES string of the molecule is Cc1ccc(C)c(CC(=O)N2CCS(=O)(=O)[C@H](C)[C@H]2C)c1. The number of benzene rings is 1. The fraction of sp³-hybridized carbons (Fsp3) is 0.562. The number of hydrogen-bond donors (Lipinski definition) is 0. The Balaban J connectivity index is 2.16. The van der Waals surface area contributed by atoms with E-state index in [9.17, 15) is 13.2 Å². The number of carbonyl (C=O) groups is 1. The van der Waals surface area contributed by atoms with Gasteiger partial charge in [-0.05, 0) is 38.8 Å². The number of nitrogens with zero attached hydrogens (tertiary/aromatic N) is 1. The zero-order valence-electron chi connectivity index (χ0n) is 13.1. The maximum atomic E-state index is 12.5. The first kappa shape index (κ1) is 16.0. The highest BCUT2D eigenvalue weighted by Gasteiger charge is 2.37. The van der Waals surface area contributed by atoms with Gasteiger partial charge in [0.1, 0.15) is 0 Å². The summed E-state index contributed by atoms with van der Waals surface area (Å²) < 4.78 is 23.8. The largest absolute Gasteiger partial charge is 0.337 e. The molecule has 1 aliphatic rings. The van der Waals surface area contributed by atoms with Gasteiger partial charge in [-0.3, -0.25) is 4.79 Å². The normalized spacial score (nSPS) is 24.9. The second-order valence-electron chi connectivity index (χ2n) is 6.01. The summed E-state index contributed by atoms with van der Waals surface area (Å²) >= 11 is 0. The van der Waals surface area contributed by atoms with Crippen LogP contribution >= 0.6 is 0 Å². The summed E-state index contributed by atoms with van der Waals surface area (Å²) in [7, 11) is -3.06. The summed E-state index contributed by atoms with van der Waals surface area (Å²) in [6, 6.07) is 5.81. The molecule has 4 nitrogen and oxygen atoms in total. The molecule has 1 fully saturated rings. The molecule has 1 saturated heterocycles. The van der Waals surface area contributed by atoms with E-state index in [1.54, 1.807) is 11.8 Å². The predicted octanol–water partition coefficient (Wildman–Crippen LogP) is 1.88. The highest BCUT2D eigenvalue weighted by atomic mass is 32.2. The summed E-state index contributed by atoms with van der Waals surface area (Å²) in [6.45, 7) is 7.82. The van der Waals surface area contributed by atoms with Crippen LogP contribution in [0.25, 0.3) is 0 Å². The van der Waals surface area contributed by atoms with E-state index in [1.807, 2.05) is 39.0 Å². The first-order valence-electron chi connectivity index (χ1n) is 7.29. The molecule has 2 rings (SSSR count). The molecule has 21 heavy (non-hydrogen) atoms. The minimum absolute atomic E-state index is 0.0120. The van der Waals surface area contributed by atoms with E-state index in [-0.39, 0.29) is 17.7 Å². The van der Waals surface area contributed by atoms with E-state index in [0.717, 1.165) is 16.7 Å². The van der Waals surface area contributed by atoms with Gasteiger partial charge in [-0.1, -0.05) is 23.8 Å². The van der Waals surface area contributed by atoms with Crippen molar-refractivity contribution in [2.24, 2.45) is 0 Å². The highest BCUT2D eigenvalue weighted by molar-refractivity contribution is 7.92. The summed E-state index contributed by atoms with van der Waals surface area (Å²) in [5, 5.41) is -0.492. The van der Waals surface area contributed by atoms with Crippen LogP contribution in [-0.4, -0.2) is 42.8 Å². The van der Waals surface area contributed by atoms with Gasteiger partial charge in [0.25, 0.3) is 0 Å². The Morgan fingerprint density at radius 1 is 1.29 bits per heavy atom. The minimum Gasteiger partial charge on any atom is -0.337 e. The van der Waals surface area contributed by atoms with Gasteiger partial charge in [0, 0.05) is 12.6 Å². The van der Waals surface area contributed by atoms with Gasteiger partial charge < -0.3 is 4.90 Å². The summed E-state index contributed by atoms with van der Waals surface area (Å²) in [4.78, 5) is 14.2. The molecule has 2 atom stereocenters. The lowest BCUT2D eigenvalue weighted by Crippen LogP contribution is -2.54. The van der Waals surface area contributed by atoms with E-state index in [2.05, 4.69) is 0 Å². The molecule has 0 aromatic heterocycles. The van der Waals surface area contributed by atoms with Crippen LogP contribution in [0.4, 0.5) is 0 Å².